The summed E-state index contributed by atoms with van der Waals surface area (Å²) in [7, 11) is -3.73. The molecule has 0 aliphatic carbocycles. The van der Waals surface area contributed by atoms with Gasteiger partial charge in [0.15, 0.2) is 5.76 Å². The Morgan fingerprint density at radius 3 is 2.89 bits per heavy atom. The summed E-state index contributed by atoms with van der Waals surface area (Å²) in [6, 6.07) is 5.60. The molecule has 0 spiro atoms. The molecule has 1 atom stereocenters. The molecule has 11 heteroatoms. The maximum atomic E-state index is 12.9. The molecule has 1 N–H and O–H groups in total. The van der Waals surface area contributed by atoms with E-state index in [0.717, 1.165) is 17.8 Å². The predicted octanol–water partition coefficient (Wildman–Crippen LogP) is 2.57. The lowest BCUT2D eigenvalue weighted by atomic mass is 10.0. The third-order valence-corrected chi connectivity index (χ3v) is 7.48. The van der Waals surface area contributed by atoms with Gasteiger partial charge in [-0.25, -0.2) is 8.42 Å². The third-order valence-electron chi connectivity index (χ3n) is 4.20. The van der Waals surface area contributed by atoms with E-state index in [0.29, 0.717) is 25.1 Å². The molecule has 142 valence electrons. The van der Waals surface area contributed by atoms with Crippen LogP contribution >= 0.6 is 11.3 Å². The highest BCUT2D eigenvalue weighted by Gasteiger charge is 2.38. The first-order valence-corrected chi connectivity index (χ1v) is 10.6. The molecule has 4 rings (SSSR count). The number of carbonyl (C=O) groups excluding carboxylic acids is 1. The van der Waals surface area contributed by atoms with Crippen LogP contribution in [0, 0.1) is 0 Å². The molecule has 0 unspecified atom stereocenters. The fourth-order valence-electron chi connectivity index (χ4n) is 2.94. The van der Waals surface area contributed by atoms with Gasteiger partial charge >= 0.3 is 6.01 Å². The van der Waals surface area contributed by atoms with Crippen molar-refractivity contribution in [2.75, 3.05) is 11.9 Å². The molecule has 0 saturated carbocycles. The Kier molecular flexibility index (Phi) is 4.81. The molecule has 9 nitrogen and oxygen atoms in total. The number of aromatic nitrogens is 2. The minimum absolute atomic E-state index is 0.106. The Balaban J connectivity index is 1.53. The van der Waals surface area contributed by atoms with Gasteiger partial charge in [-0.1, -0.05) is 17.6 Å². The van der Waals surface area contributed by atoms with Gasteiger partial charge in [0.05, 0.1) is 6.26 Å². The first-order valence-electron chi connectivity index (χ1n) is 8.29. The maximum absolute atomic E-state index is 12.9. The summed E-state index contributed by atoms with van der Waals surface area (Å²) in [5.74, 6) is 0.00838. The lowest BCUT2D eigenvalue weighted by Gasteiger charge is -2.32. The van der Waals surface area contributed by atoms with E-state index >= 15 is 0 Å². The molecule has 0 aromatic carbocycles. The molecule has 0 bridgehead atoms. The summed E-state index contributed by atoms with van der Waals surface area (Å²) in [5, 5.41) is 11.8. The number of rotatable bonds is 5. The number of amides is 1. The molecular formula is C16H16N4O5S2. The molecule has 3 aromatic heterocycles. The number of thiophene rings is 1. The van der Waals surface area contributed by atoms with Crippen molar-refractivity contribution in [1.29, 1.82) is 0 Å². The third kappa shape index (κ3) is 3.53. The van der Waals surface area contributed by atoms with Crippen LogP contribution in [0.2, 0.25) is 0 Å². The number of hydrogen-bond acceptors (Lipinski definition) is 8. The van der Waals surface area contributed by atoms with E-state index in [1.54, 1.807) is 23.6 Å². The number of furan rings is 1. The zero-order valence-corrected chi connectivity index (χ0v) is 15.7. The molecule has 4 heterocycles. The topological polar surface area (TPSA) is 119 Å². The van der Waals surface area contributed by atoms with Gasteiger partial charge in [0.1, 0.15) is 10.3 Å². The monoisotopic (exact) mass is 408 g/mol. The first-order chi connectivity index (χ1) is 13.1. The van der Waals surface area contributed by atoms with Crippen LogP contribution in [0.15, 0.2) is 49.0 Å². The second-order valence-corrected chi connectivity index (χ2v) is 9.00. The Morgan fingerprint density at radius 1 is 1.26 bits per heavy atom. The van der Waals surface area contributed by atoms with E-state index in [-0.39, 0.29) is 16.1 Å². The van der Waals surface area contributed by atoms with E-state index in [1.165, 1.54) is 16.6 Å². The highest BCUT2D eigenvalue weighted by Crippen LogP contribution is 2.28. The highest BCUT2D eigenvalue weighted by atomic mass is 32.2. The van der Waals surface area contributed by atoms with Gasteiger partial charge in [-0.2, -0.15) is 4.31 Å². The standard InChI is InChI=1S/C16H16N4O5S2/c21-14(17-16-19-18-15(25-16)12-6-3-9-24-12)11-5-1-2-8-20(11)27(22,23)13-7-4-10-26-13/h3-4,6-7,9-11H,1-2,5,8H2,(H,17,19,21)/t11-/m0/s1. The number of carbonyl (C=O) groups is 1. The van der Waals surface area contributed by atoms with Gasteiger partial charge in [0, 0.05) is 6.54 Å². The molecule has 1 amide bonds. The largest absolute Gasteiger partial charge is 0.459 e. The number of sulfonamides is 1. The molecule has 1 aliphatic heterocycles. The summed E-state index contributed by atoms with van der Waals surface area (Å²) in [6.07, 6.45) is 3.36. The van der Waals surface area contributed by atoms with E-state index in [1.807, 2.05) is 0 Å². The van der Waals surface area contributed by atoms with Crippen LogP contribution in [0.4, 0.5) is 6.01 Å². The van der Waals surface area contributed by atoms with E-state index < -0.39 is 22.0 Å². The minimum Gasteiger partial charge on any atom is -0.459 e. The fourth-order valence-corrected chi connectivity index (χ4v) is 5.72. The minimum atomic E-state index is -3.73. The second kappa shape index (κ2) is 7.25. The quantitative estimate of drug-likeness (QED) is 0.689. The number of nitrogens with one attached hydrogen (secondary N) is 1. The first kappa shape index (κ1) is 17.9. The molecule has 27 heavy (non-hydrogen) atoms. The van der Waals surface area contributed by atoms with Gasteiger partial charge in [0.2, 0.25) is 5.91 Å². The van der Waals surface area contributed by atoms with E-state index in [4.69, 9.17) is 8.83 Å². The molecule has 3 aromatic rings. The van der Waals surface area contributed by atoms with Crippen molar-refractivity contribution >= 4 is 33.3 Å². The number of anilines is 1. The van der Waals surface area contributed by atoms with Crippen LogP contribution in [-0.2, 0) is 14.8 Å². The Hall–Kier alpha value is -2.50. The SMILES string of the molecule is O=C(Nc1nnc(-c2ccco2)o1)[C@@H]1CCCCN1S(=O)(=O)c1cccs1. The van der Waals surface area contributed by atoms with Gasteiger partial charge in [0.25, 0.3) is 15.9 Å². The molecule has 1 fully saturated rings. The van der Waals surface area contributed by atoms with Crippen LogP contribution in [0.25, 0.3) is 11.7 Å². The van der Waals surface area contributed by atoms with Crippen LogP contribution < -0.4 is 5.32 Å². The van der Waals surface area contributed by atoms with Crippen LogP contribution in [-0.4, -0.2) is 41.4 Å². The summed E-state index contributed by atoms with van der Waals surface area (Å²) in [5.41, 5.74) is 0. The summed E-state index contributed by atoms with van der Waals surface area (Å²) in [4.78, 5) is 12.7. The van der Waals surface area contributed by atoms with Gasteiger partial charge in [-0.05, 0) is 36.4 Å². The Bertz CT molecular complexity index is 1010. The smallest absolute Gasteiger partial charge is 0.322 e. The van der Waals surface area contributed by atoms with Crippen molar-refractivity contribution in [3.05, 3.63) is 35.9 Å². The lowest BCUT2D eigenvalue weighted by molar-refractivity contribution is -0.120. The molecule has 1 aliphatic rings. The number of nitrogens with zero attached hydrogens (tertiary/aromatic N) is 3. The Labute approximate surface area is 159 Å². The maximum Gasteiger partial charge on any atom is 0.322 e. The summed E-state index contributed by atoms with van der Waals surface area (Å²) in [6.45, 7) is 0.291. The van der Waals surface area contributed by atoms with Gasteiger partial charge in [-0.15, -0.1) is 16.4 Å². The van der Waals surface area contributed by atoms with Crippen molar-refractivity contribution in [2.24, 2.45) is 0 Å². The fraction of sp³-hybridized carbons (Fsp3) is 0.312. The second-order valence-electron chi connectivity index (χ2n) is 5.94. The zero-order valence-electron chi connectivity index (χ0n) is 14.1. The molecular weight excluding hydrogens is 392 g/mol. The summed E-state index contributed by atoms with van der Waals surface area (Å²) < 4.78 is 37.7. The van der Waals surface area contributed by atoms with Crippen molar-refractivity contribution in [1.82, 2.24) is 14.5 Å². The predicted molar refractivity (Wildman–Crippen MR) is 96.5 cm³/mol. The van der Waals surface area contributed by atoms with E-state index in [9.17, 15) is 13.2 Å². The van der Waals surface area contributed by atoms with E-state index in [2.05, 4.69) is 15.5 Å². The number of piperidine rings is 1. The Morgan fingerprint density at radius 2 is 2.15 bits per heavy atom. The average molecular weight is 408 g/mol. The van der Waals surface area contributed by atoms with Crippen LogP contribution in [0.3, 0.4) is 0 Å². The van der Waals surface area contributed by atoms with Crippen molar-refractivity contribution in [3.63, 3.8) is 0 Å². The van der Waals surface area contributed by atoms with Crippen molar-refractivity contribution in [2.45, 2.75) is 29.5 Å². The molecule has 1 saturated heterocycles. The summed E-state index contributed by atoms with van der Waals surface area (Å²) >= 11 is 1.13. The highest BCUT2D eigenvalue weighted by molar-refractivity contribution is 7.91. The average Bonchev–Trinajstić information content (AvgIpc) is 3.42. The number of hydrogen-bond donors (Lipinski definition) is 1. The van der Waals surface area contributed by atoms with Crippen molar-refractivity contribution < 1.29 is 22.0 Å². The normalized spacial score (nSPS) is 18.4. The van der Waals surface area contributed by atoms with Gasteiger partial charge in [-0.3, -0.25) is 10.1 Å². The van der Waals surface area contributed by atoms with Crippen LogP contribution in [0.5, 0.6) is 0 Å². The van der Waals surface area contributed by atoms with Crippen LogP contribution in [0.1, 0.15) is 19.3 Å². The van der Waals surface area contributed by atoms with Gasteiger partial charge < -0.3 is 8.83 Å². The molecule has 0 radical (unpaired) electrons. The zero-order chi connectivity index (χ0) is 18.9. The van der Waals surface area contributed by atoms with Crippen molar-refractivity contribution in [3.8, 4) is 11.7 Å². The lowest BCUT2D eigenvalue weighted by Crippen LogP contribution is -2.49.